The Balaban J connectivity index is 0.000000156. The molecule has 38 heavy (non-hydrogen) atoms. The first kappa shape index (κ1) is 32.9. The van der Waals surface area contributed by atoms with Gasteiger partial charge in [0.1, 0.15) is 0 Å². The van der Waals surface area contributed by atoms with E-state index in [1.807, 2.05) is 0 Å². The fourth-order valence-electron chi connectivity index (χ4n) is 6.98. The van der Waals surface area contributed by atoms with Crippen molar-refractivity contribution in [3.05, 3.63) is 31.9 Å². The zero-order valence-corrected chi connectivity index (χ0v) is 26.1. The summed E-state index contributed by atoms with van der Waals surface area (Å²) in [4.78, 5) is 0. The summed E-state index contributed by atoms with van der Waals surface area (Å²) in [7, 11) is 0. The van der Waals surface area contributed by atoms with E-state index in [9.17, 15) is 0 Å². The normalized spacial score (nSPS) is 38.3. The molecule has 6 aliphatic rings. The second-order valence-corrected chi connectivity index (χ2v) is 12.4. The van der Waals surface area contributed by atoms with Crippen LogP contribution in [-0.2, 0) is 19.5 Å². The summed E-state index contributed by atoms with van der Waals surface area (Å²) in [5, 5.41) is 28.0. The predicted octanol–water partition coefficient (Wildman–Crippen LogP) is 8.76. The second kappa shape index (κ2) is 19.5. The minimum atomic E-state index is 0. The molecule has 0 radical (unpaired) electrons. The monoisotopic (exact) mass is 614 g/mol. The van der Waals surface area contributed by atoms with Gasteiger partial charge in [0.15, 0.2) is 0 Å². The first-order valence-corrected chi connectivity index (χ1v) is 16.3. The van der Waals surface area contributed by atoms with Crippen LogP contribution in [0.15, 0.2) is 0 Å². The zero-order valence-electron chi connectivity index (χ0n) is 24.3. The van der Waals surface area contributed by atoms with Crippen molar-refractivity contribution in [3.63, 3.8) is 0 Å². The Hall–Kier alpha value is 0.383. The fourth-order valence-corrected chi connectivity index (χ4v) is 6.98. The molecule has 6 saturated heterocycles. The SMILES string of the molecule is C1CCC(C2CCCC[N-]2)[N-]C1.C1CCC(C2CCCC[N-]2)[N-]C1.CC1CC[N-]C(C2CCCC[N-]2)C1.[Ru+6]. The fraction of sp³-hybridized carbons (Fsp3) is 1.00. The van der Waals surface area contributed by atoms with E-state index in [1.165, 1.54) is 109 Å². The van der Waals surface area contributed by atoms with Crippen LogP contribution in [0.2, 0.25) is 0 Å². The Morgan fingerprint density at radius 3 is 0.895 bits per heavy atom. The molecule has 7 unspecified atom stereocenters. The van der Waals surface area contributed by atoms with Crippen LogP contribution in [0.4, 0.5) is 0 Å². The van der Waals surface area contributed by atoms with Gasteiger partial charge < -0.3 is 31.9 Å². The van der Waals surface area contributed by atoms with Gasteiger partial charge in [-0.1, -0.05) is 116 Å². The average molecular weight is 614 g/mol. The molecule has 0 bridgehead atoms. The number of nitrogens with zero attached hydrogens (tertiary/aromatic N) is 6. The largest absolute Gasteiger partial charge is 6.00 e. The molecule has 0 amide bonds. The summed E-state index contributed by atoms with van der Waals surface area (Å²) >= 11 is 0. The first-order valence-electron chi connectivity index (χ1n) is 16.3. The van der Waals surface area contributed by atoms with Crippen molar-refractivity contribution in [2.75, 3.05) is 39.3 Å². The van der Waals surface area contributed by atoms with E-state index >= 15 is 0 Å². The summed E-state index contributed by atoms with van der Waals surface area (Å²) in [6.07, 6.45) is 22.5. The summed E-state index contributed by atoms with van der Waals surface area (Å²) < 4.78 is 0. The average Bonchev–Trinajstić information content (AvgIpc) is 3.00. The van der Waals surface area contributed by atoms with Crippen molar-refractivity contribution in [3.8, 4) is 0 Å². The topological polar surface area (TPSA) is 84.6 Å². The summed E-state index contributed by atoms with van der Waals surface area (Å²) in [5.74, 6) is 0.875. The molecule has 0 aromatic heterocycles. The molecule has 0 spiro atoms. The van der Waals surface area contributed by atoms with Gasteiger partial charge in [0.2, 0.25) is 0 Å². The number of hydrogen-bond acceptors (Lipinski definition) is 0. The van der Waals surface area contributed by atoms with Gasteiger partial charge in [-0.2, -0.15) is 36.3 Å². The van der Waals surface area contributed by atoms with Gasteiger partial charge in [-0.15, -0.1) is 39.3 Å². The summed E-state index contributed by atoms with van der Waals surface area (Å²) in [6, 6.07) is 3.54. The first-order chi connectivity index (χ1) is 18.3. The Kier molecular flexibility index (Phi) is 16.9. The van der Waals surface area contributed by atoms with E-state index in [0.717, 1.165) is 45.2 Å². The summed E-state index contributed by atoms with van der Waals surface area (Å²) in [6.45, 7) is 8.90. The molecular weight excluding hydrogens is 557 g/mol. The third-order valence-corrected chi connectivity index (χ3v) is 9.32. The minimum Gasteiger partial charge on any atom is -0.661 e. The van der Waals surface area contributed by atoms with Gasteiger partial charge in [0.05, 0.1) is 0 Å². The van der Waals surface area contributed by atoms with Crippen LogP contribution in [0.3, 0.4) is 0 Å². The molecule has 7 heteroatoms. The van der Waals surface area contributed by atoms with Crippen LogP contribution in [0, 0.1) is 5.92 Å². The van der Waals surface area contributed by atoms with Crippen molar-refractivity contribution in [1.29, 1.82) is 0 Å². The van der Waals surface area contributed by atoms with Crippen molar-refractivity contribution < 1.29 is 19.5 Å². The molecule has 0 aromatic carbocycles. The van der Waals surface area contributed by atoms with E-state index in [1.54, 1.807) is 0 Å². The van der Waals surface area contributed by atoms with Crippen molar-refractivity contribution in [2.45, 2.75) is 152 Å². The molecule has 7 atom stereocenters. The van der Waals surface area contributed by atoms with Gasteiger partial charge in [-0.05, 0) is 5.92 Å². The van der Waals surface area contributed by atoms with Crippen LogP contribution in [0.1, 0.15) is 116 Å². The molecule has 6 aliphatic heterocycles. The molecular formula is C31H56N6Ru. The van der Waals surface area contributed by atoms with Crippen LogP contribution < -0.4 is 0 Å². The number of piperidine rings is 6. The quantitative estimate of drug-likeness (QED) is 0.285. The molecule has 0 N–H and O–H groups in total. The van der Waals surface area contributed by atoms with Gasteiger partial charge in [-0.25, -0.2) is 0 Å². The Bertz CT molecular complexity index is 501. The smallest absolute Gasteiger partial charge is 0.661 e. The molecule has 218 valence electrons. The van der Waals surface area contributed by atoms with Crippen LogP contribution in [0.25, 0.3) is 31.9 Å². The molecule has 6 heterocycles. The minimum absolute atomic E-state index is 0. The third-order valence-electron chi connectivity index (χ3n) is 9.32. The van der Waals surface area contributed by atoms with Gasteiger partial charge in [0.25, 0.3) is 0 Å². The molecule has 0 aliphatic carbocycles. The molecule has 6 rings (SSSR count). The maximum absolute atomic E-state index is 4.71. The molecule has 6 nitrogen and oxygen atoms in total. The molecule has 6 fully saturated rings. The van der Waals surface area contributed by atoms with Crippen LogP contribution in [-0.4, -0.2) is 75.5 Å². The Labute approximate surface area is 248 Å². The maximum atomic E-state index is 4.71. The predicted molar refractivity (Wildman–Crippen MR) is 160 cm³/mol. The maximum Gasteiger partial charge on any atom is 6.00 e. The zero-order chi connectivity index (χ0) is 25.5. The van der Waals surface area contributed by atoms with Crippen molar-refractivity contribution >= 4 is 0 Å². The molecule has 0 aromatic rings. The Morgan fingerprint density at radius 1 is 0.342 bits per heavy atom. The van der Waals surface area contributed by atoms with Crippen LogP contribution in [0.5, 0.6) is 0 Å². The second-order valence-electron chi connectivity index (χ2n) is 12.4. The molecule has 0 saturated carbocycles. The standard InChI is InChI=1S/C11H20N2.2C10H18N2.Ru/c1-9-5-7-13-11(8-9)10-4-2-3-6-12-10;2*1-3-7-11-9(5-1)10-6-2-4-8-12-10;/h9-11H,2-8H2,1H3;2*9-10H,1-8H2;/q3*-2;+6. The van der Waals surface area contributed by atoms with Gasteiger partial charge >= 0.3 is 19.5 Å². The van der Waals surface area contributed by atoms with Crippen LogP contribution >= 0.6 is 0 Å². The van der Waals surface area contributed by atoms with Crippen molar-refractivity contribution in [1.82, 2.24) is 0 Å². The van der Waals surface area contributed by atoms with Gasteiger partial charge in [0, 0.05) is 0 Å². The van der Waals surface area contributed by atoms with E-state index in [4.69, 9.17) is 10.6 Å². The summed E-state index contributed by atoms with van der Waals surface area (Å²) in [5.41, 5.74) is 0. The number of hydrogen-bond donors (Lipinski definition) is 0. The van der Waals surface area contributed by atoms with E-state index in [2.05, 4.69) is 28.2 Å². The van der Waals surface area contributed by atoms with E-state index in [0.29, 0.717) is 36.3 Å². The Morgan fingerprint density at radius 2 is 0.632 bits per heavy atom. The van der Waals surface area contributed by atoms with Crippen molar-refractivity contribution in [2.24, 2.45) is 5.92 Å². The van der Waals surface area contributed by atoms with E-state index < -0.39 is 0 Å². The van der Waals surface area contributed by atoms with E-state index in [-0.39, 0.29) is 19.5 Å². The third kappa shape index (κ3) is 11.7. The van der Waals surface area contributed by atoms with Gasteiger partial charge in [-0.3, -0.25) is 0 Å². The number of rotatable bonds is 3.